The first kappa shape index (κ1) is 37.6. The number of rotatable bonds is 5. The second kappa shape index (κ2) is 13.4. The van der Waals surface area contributed by atoms with Gasteiger partial charge < -0.3 is 9.80 Å². The van der Waals surface area contributed by atoms with Crippen molar-refractivity contribution in [1.29, 1.82) is 0 Å². The Kier molecular flexibility index (Phi) is 8.01. The van der Waals surface area contributed by atoms with E-state index < -0.39 is 0 Å². The van der Waals surface area contributed by atoms with Crippen molar-refractivity contribution in [3.05, 3.63) is 228 Å². The Bertz CT molecular complexity index is 3330. The Balaban J connectivity index is 1.12. The molecule has 63 heavy (non-hydrogen) atoms. The molecule has 0 spiro atoms. The van der Waals surface area contributed by atoms with Gasteiger partial charge in [-0.15, -0.1) is 0 Å². The van der Waals surface area contributed by atoms with E-state index in [2.05, 4.69) is 245 Å². The molecule has 0 radical (unpaired) electrons. The molecule has 0 atom stereocenters. The Labute approximate surface area is 371 Å². The Morgan fingerprint density at radius 3 is 1.65 bits per heavy atom. The summed E-state index contributed by atoms with van der Waals surface area (Å²) in [6, 6.07) is 72.8. The van der Waals surface area contributed by atoms with E-state index in [0.717, 1.165) is 11.4 Å². The van der Waals surface area contributed by atoms with Crippen LogP contribution in [-0.4, -0.2) is 0 Å². The molecule has 1 aliphatic heterocycles. The fraction of sp³-hybridized carbons (Fsp3) is 0.148. The van der Waals surface area contributed by atoms with Crippen molar-refractivity contribution in [3.63, 3.8) is 0 Å². The highest BCUT2D eigenvalue weighted by Gasteiger charge is 2.42. The maximum Gasteiger partial charge on any atom is 0.0618 e. The van der Waals surface area contributed by atoms with Crippen LogP contribution in [0.2, 0.25) is 0 Å². The van der Waals surface area contributed by atoms with Crippen LogP contribution in [0.15, 0.2) is 194 Å². The van der Waals surface area contributed by atoms with Crippen molar-refractivity contribution in [1.82, 2.24) is 0 Å². The number of nitrogens with zero attached hydrogens (tertiary/aromatic N) is 2. The Morgan fingerprint density at radius 2 is 0.921 bits per heavy atom. The van der Waals surface area contributed by atoms with Gasteiger partial charge in [0.1, 0.15) is 0 Å². The molecular weight excluding hydrogens is 761 g/mol. The van der Waals surface area contributed by atoms with Crippen LogP contribution in [0.3, 0.4) is 0 Å². The molecule has 9 aromatic carbocycles. The van der Waals surface area contributed by atoms with Gasteiger partial charge in [0.25, 0.3) is 0 Å². The summed E-state index contributed by atoms with van der Waals surface area (Å²) in [5.74, 6) is 0. The molecule has 2 heteroatoms. The van der Waals surface area contributed by atoms with E-state index in [0.29, 0.717) is 0 Å². The van der Waals surface area contributed by atoms with E-state index in [9.17, 15) is 0 Å². The SMILES string of the molecule is CC1(C)c2ccccc2-c2ccc(-c3ccc4ccccc4c3N3c4ccccc4C(C)(C)c4c(N(c5ccccc5)c5ccc6c(c5)C(C)(C)c5ccccc5-6)cccc43)cc21. The minimum absolute atomic E-state index is 0.112. The number of hydrogen-bond donors (Lipinski definition) is 0. The van der Waals surface area contributed by atoms with Gasteiger partial charge in [-0.05, 0) is 110 Å². The van der Waals surface area contributed by atoms with Crippen molar-refractivity contribution in [3.8, 4) is 33.4 Å². The summed E-state index contributed by atoms with van der Waals surface area (Å²) < 4.78 is 0. The van der Waals surface area contributed by atoms with Crippen LogP contribution < -0.4 is 9.80 Å². The fourth-order valence-corrected chi connectivity index (χ4v) is 11.7. The zero-order valence-corrected chi connectivity index (χ0v) is 36.9. The lowest BCUT2D eigenvalue weighted by Gasteiger charge is -2.45. The summed E-state index contributed by atoms with van der Waals surface area (Å²) in [5.41, 5.74) is 22.4. The van der Waals surface area contributed by atoms with Gasteiger partial charge in [-0.3, -0.25) is 0 Å². The van der Waals surface area contributed by atoms with Crippen LogP contribution in [0.4, 0.5) is 34.1 Å². The smallest absolute Gasteiger partial charge is 0.0618 e. The van der Waals surface area contributed by atoms with Crippen LogP contribution in [0.25, 0.3) is 44.2 Å². The topological polar surface area (TPSA) is 6.48 Å². The third-order valence-corrected chi connectivity index (χ3v) is 14.8. The lowest BCUT2D eigenvalue weighted by atomic mass is 9.72. The van der Waals surface area contributed by atoms with Gasteiger partial charge in [0.15, 0.2) is 0 Å². The highest BCUT2D eigenvalue weighted by molar-refractivity contribution is 6.08. The summed E-state index contributed by atoms with van der Waals surface area (Å²) >= 11 is 0. The standard InChI is InChI=1S/C61H50N2/c1-59(2)49-25-14-12-23-45(49)47-35-32-40(37-52(47)59)44-34-31-39-19-10-11-22-43(39)58(44)63-54-28-17-16-27-51(54)61(5,6)57-55(29-18-30-56(57)63)62(41-20-8-7-9-21-41)42-33-36-48-46-24-13-15-26-50(46)60(3,4)53(48)38-42/h7-38H,1-6H3. The van der Waals surface area contributed by atoms with Crippen molar-refractivity contribution >= 4 is 44.9 Å². The van der Waals surface area contributed by atoms with E-state index in [-0.39, 0.29) is 16.2 Å². The molecule has 2 nitrogen and oxygen atoms in total. The van der Waals surface area contributed by atoms with Crippen LogP contribution in [-0.2, 0) is 16.2 Å². The number of benzene rings is 9. The van der Waals surface area contributed by atoms with Gasteiger partial charge in [0, 0.05) is 44.1 Å². The zero-order chi connectivity index (χ0) is 42.8. The van der Waals surface area contributed by atoms with E-state index >= 15 is 0 Å². The lowest BCUT2D eigenvalue weighted by molar-refractivity contribution is 0.632. The van der Waals surface area contributed by atoms with Crippen molar-refractivity contribution in [2.24, 2.45) is 0 Å². The number of anilines is 6. The van der Waals surface area contributed by atoms with Crippen LogP contribution >= 0.6 is 0 Å². The summed E-state index contributed by atoms with van der Waals surface area (Å²) in [6.07, 6.45) is 0. The summed E-state index contributed by atoms with van der Waals surface area (Å²) in [5, 5.41) is 2.45. The highest BCUT2D eigenvalue weighted by atomic mass is 15.2. The summed E-state index contributed by atoms with van der Waals surface area (Å²) in [4.78, 5) is 5.10. The maximum absolute atomic E-state index is 2.59. The van der Waals surface area contributed by atoms with Gasteiger partial charge in [-0.2, -0.15) is 0 Å². The molecule has 0 saturated heterocycles. The van der Waals surface area contributed by atoms with Gasteiger partial charge in [-0.1, -0.05) is 187 Å². The van der Waals surface area contributed by atoms with Gasteiger partial charge in [0.2, 0.25) is 0 Å². The molecule has 0 aromatic heterocycles. The molecule has 0 bridgehead atoms. The minimum atomic E-state index is -0.355. The van der Waals surface area contributed by atoms with E-state index in [1.165, 1.54) is 100 Å². The molecule has 2 aliphatic carbocycles. The third kappa shape index (κ3) is 5.31. The average Bonchev–Trinajstić information content (AvgIpc) is 3.68. The van der Waals surface area contributed by atoms with Gasteiger partial charge in [0.05, 0.1) is 22.7 Å². The van der Waals surface area contributed by atoms with E-state index in [4.69, 9.17) is 0 Å². The molecule has 0 N–H and O–H groups in total. The number of fused-ring (bicyclic) bond motifs is 9. The zero-order valence-electron chi connectivity index (χ0n) is 36.9. The van der Waals surface area contributed by atoms with E-state index in [1.807, 2.05) is 0 Å². The molecule has 0 unspecified atom stereocenters. The fourth-order valence-electron chi connectivity index (χ4n) is 11.7. The molecule has 1 heterocycles. The predicted octanol–water partition coefficient (Wildman–Crippen LogP) is 16.7. The Morgan fingerprint density at radius 1 is 0.365 bits per heavy atom. The van der Waals surface area contributed by atoms with Gasteiger partial charge >= 0.3 is 0 Å². The van der Waals surface area contributed by atoms with Crippen molar-refractivity contribution in [2.75, 3.05) is 9.80 Å². The molecule has 0 saturated carbocycles. The molecule has 3 aliphatic rings. The normalized spacial score (nSPS) is 15.5. The molecular formula is C61H50N2. The monoisotopic (exact) mass is 810 g/mol. The van der Waals surface area contributed by atoms with Crippen LogP contribution in [0.1, 0.15) is 74.9 Å². The quantitative estimate of drug-likeness (QED) is 0.171. The van der Waals surface area contributed by atoms with Gasteiger partial charge in [-0.25, -0.2) is 0 Å². The highest BCUT2D eigenvalue weighted by Crippen LogP contribution is 2.59. The second-order valence-corrected chi connectivity index (χ2v) is 19.3. The molecule has 304 valence electrons. The molecule has 12 rings (SSSR count). The minimum Gasteiger partial charge on any atom is -0.310 e. The molecule has 9 aromatic rings. The van der Waals surface area contributed by atoms with E-state index in [1.54, 1.807) is 0 Å². The average molecular weight is 811 g/mol. The third-order valence-electron chi connectivity index (χ3n) is 14.8. The Hall–Kier alpha value is -7.16. The van der Waals surface area contributed by atoms with Crippen molar-refractivity contribution < 1.29 is 0 Å². The van der Waals surface area contributed by atoms with Crippen molar-refractivity contribution in [2.45, 2.75) is 57.8 Å². The predicted molar refractivity (Wildman–Crippen MR) is 266 cm³/mol. The largest absolute Gasteiger partial charge is 0.310 e. The summed E-state index contributed by atoms with van der Waals surface area (Å²) in [7, 11) is 0. The number of para-hydroxylation sites is 2. The number of hydrogen-bond acceptors (Lipinski definition) is 2. The first-order valence-corrected chi connectivity index (χ1v) is 22.4. The van der Waals surface area contributed by atoms with Crippen LogP contribution in [0.5, 0.6) is 0 Å². The van der Waals surface area contributed by atoms with Crippen LogP contribution in [0, 0.1) is 0 Å². The first-order chi connectivity index (χ1) is 30.5. The summed E-state index contributed by atoms with van der Waals surface area (Å²) in [6.45, 7) is 14.3. The molecule has 0 amide bonds. The first-order valence-electron chi connectivity index (χ1n) is 22.4. The molecule has 0 fully saturated rings. The second-order valence-electron chi connectivity index (χ2n) is 19.3. The lowest BCUT2D eigenvalue weighted by Crippen LogP contribution is -2.32. The maximum atomic E-state index is 2.59.